The molecule has 7 heteroatoms. The summed E-state index contributed by atoms with van der Waals surface area (Å²) in [6.07, 6.45) is -4.25. The van der Waals surface area contributed by atoms with Crippen LogP contribution < -0.4 is 5.32 Å². The minimum atomic E-state index is -4.80. The fourth-order valence-corrected chi connectivity index (χ4v) is 2.80. The van der Waals surface area contributed by atoms with E-state index < -0.39 is 18.1 Å². The molecule has 0 radical (unpaired) electrons. The van der Waals surface area contributed by atoms with E-state index in [9.17, 15) is 18.0 Å². The number of carbonyl (C=O) groups is 1. The SMILES string of the molecule is CC(C)[C@H]1C(NC(=O)C(F)(F)F)CCN1P. The Kier molecular flexibility index (Phi) is 4.18. The molecule has 0 aliphatic carbocycles. The van der Waals surface area contributed by atoms with Crippen LogP contribution in [0.5, 0.6) is 0 Å². The van der Waals surface area contributed by atoms with Crippen LogP contribution in [0.3, 0.4) is 0 Å². The molecule has 16 heavy (non-hydrogen) atoms. The molecule has 1 saturated heterocycles. The third-order valence-electron chi connectivity index (χ3n) is 2.75. The molecule has 0 bridgehead atoms. The molecule has 0 aromatic rings. The van der Waals surface area contributed by atoms with Crippen LogP contribution in [0.4, 0.5) is 13.2 Å². The molecule has 1 heterocycles. The van der Waals surface area contributed by atoms with Crippen LogP contribution in [0.25, 0.3) is 0 Å². The Bertz CT molecular complexity index is 270. The molecular weight excluding hydrogens is 240 g/mol. The molecule has 1 fully saturated rings. The zero-order chi connectivity index (χ0) is 12.5. The quantitative estimate of drug-likeness (QED) is 0.760. The van der Waals surface area contributed by atoms with Crippen molar-refractivity contribution in [2.75, 3.05) is 6.54 Å². The number of hydrogen-bond donors (Lipinski definition) is 1. The predicted molar refractivity (Wildman–Crippen MR) is 57.6 cm³/mol. The number of nitrogens with zero attached hydrogens (tertiary/aromatic N) is 1. The Labute approximate surface area is 95.0 Å². The van der Waals surface area contributed by atoms with E-state index in [1.807, 2.05) is 18.5 Å². The summed E-state index contributed by atoms with van der Waals surface area (Å²) in [5.41, 5.74) is 0. The minimum Gasteiger partial charge on any atom is -0.344 e. The Morgan fingerprint density at radius 3 is 2.50 bits per heavy atom. The van der Waals surface area contributed by atoms with Gasteiger partial charge in [-0.15, -0.1) is 0 Å². The molecule has 1 N–H and O–H groups in total. The smallest absolute Gasteiger partial charge is 0.344 e. The van der Waals surface area contributed by atoms with Gasteiger partial charge in [-0.3, -0.25) is 9.46 Å². The predicted octanol–water partition coefficient (Wildman–Crippen LogP) is 1.55. The third-order valence-corrected chi connectivity index (χ3v) is 3.35. The second-order valence-electron chi connectivity index (χ2n) is 4.34. The van der Waals surface area contributed by atoms with E-state index in [0.717, 1.165) is 0 Å². The molecule has 3 atom stereocenters. The van der Waals surface area contributed by atoms with Gasteiger partial charge in [-0.25, -0.2) is 0 Å². The van der Waals surface area contributed by atoms with Gasteiger partial charge >= 0.3 is 12.1 Å². The zero-order valence-corrected chi connectivity index (χ0v) is 10.4. The Hall–Kier alpha value is -0.350. The molecule has 1 aliphatic heterocycles. The normalized spacial score (nSPS) is 27.4. The Balaban J connectivity index is 2.64. The lowest BCUT2D eigenvalue weighted by atomic mass is 9.98. The average molecular weight is 256 g/mol. The van der Waals surface area contributed by atoms with Gasteiger partial charge in [0.05, 0.1) is 0 Å². The van der Waals surface area contributed by atoms with E-state index in [2.05, 4.69) is 14.7 Å². The highest BCUT2D eigenvalue weighted by Crippen LogP contribution is 2.28. The highest BCUT2D eigenvalue weighted by molar-refractivity contribution is 7.13. The van der Waals surface area contributed by atoms with E-state index in [1.165, 1.54) is 0 Å². The molecule has 2 unspecified atom stereocenters. The van der Waals surface area contributed by atoms with Crippen molar-refractivity contribution < 1.29 is 18.0 Å². The van der Waals surface area contributed by atoms with Gasteiger partial charge in [-0.2, -0.15) is 13.2 Å². The van der Waals surface area contributed by atoms with Crippen molar-refractivity contribution in [2.24, 2.45) is 5.92 Å². The van der Waals surface area contributed by atoms with Gasteiger partial charge in [0, 0.05) is 18.6 Å². The van der Waals surface area contributed by atoms with E-state index in [1.54, 1.807) is 0 Å². The van der Waals surface area contributed by atoms with Crippen molar-refractivity contribution >= 4 is 15.3 Å². The molecule has 1 aliphatic rings. The fourth-order valence-electron chi connectivity index (χ4n) is 2.09. The Morgan fingerprint density at radius 2 is 2.06 bits per heavy atom. The fraction of sp³-hybridized carbons (Fsp3) is 0.889. The van der Waals surface area contributed by atoms with E-state index in [4.69, 9.17) is 0 Å². The summed E-state index contributed by atoms with van der Waals surface area (Å²) in [5, 5.41) is 2.06. The van der Waals surface area contributed by atoms with Crippen LogP contribution in [0.2, 0.25) is 0 Å². The highest BCUT2D eigenvalue weighted by atomic mass is 31.0. The molecule has 1 amide bonds. The standard InChI is InChI=1S/C9H16F3N2OP/c1-5(2)7-6(3-4-14(7)16)13-8(15)9(10,11)12/h5-7H,3-4,16H2,1-2H3,(H,13,15)/t6?,7-/m0/s1. The number of amides is 1. The zero-order valence-electron chi connectivity index (χ0n) is 9.21. The molecule has 94 valence electrons. The van der Waals surface area contributed by atoms with Crippen molar-refractivity contribution in [1.82, 2.24) is 9.99 Å². The first-order valence-electron chi connectivity index (χ1n) is 5.12. The van der Waals surface area contributed by atoms with Crippen molar-refractivity contribution in [2.45, 2.75) is 38.5 Å². The van der Waals surface area contributed by atoms with Gasteiger partial charge in [0.15, 0.2) is 0 Å². The van der Waals surface area contributed by atoms with Crippen LogP contribution in [0.1, 0.15) is 20.3 Å². The average Bonchev–Trinajstić information content (AvgIpc) is 2.45. The van der Waals surface area contributed by atoms with Crippen LogP contribution >= 0.6 is 9.39 Å². The molecular formula is C9H16F3N2OP. The number of nitrogens with one attached hydrogen (secondary N) is 1. The molecule has 0 aromatic heterocycles. The maximum absolute atomic E-state index is 12.1. The molecule has 0 aromatic carbocycles. The minimum absolute atomic E-state index is 0.0590. The topological polar surface area (TPSA) is 32.3 Å². The van der Waals surface area contributed by atoms with Gasteiger partial charge < -0.3 is 5.32 Å². The molecule has 0 spiro atoms. The number of carbonyl (C=O) groups excluding carboxylic acids is 1. The van der Waals surface area contributed by atoms with Crippen LogP contribution in [-0.4, -0.2) is 35.4 Å². The van der Waals surface area contributed by atoms with Crippen molar-refractivity contribution in [3.63, 3.8) is 0 Å². The third kappa shape index (κ3) is 3.08. The summed E-state index contributed by atoms with van der Waals surface area (Å²) in [7, 11) is 2.50. The first-order chi connectivity index (χ1) is 7.23. The summed E-state index contributed by atoms with van der Waals surface area (Å²) in [6.45, 7) is 4.54. The summed E-state index contributed by atoms with van der Waals surface area (Å²) in [5.74, 6) is -1.65. The number of alkyl halides is 3. The van der Waals surface area contributed by atoms with Gasteiger partial charge in [0.1, 0.15) is 0 Å². The lowest BCUT2D eigenvalue weighted by molar-refractivity contribution is -0.174. The van der Waals surface area contributed by atoms with Crippen LogP contribution in [0.15, 0.2) is 0 Å². The van der Waals surface area contributed by atoms with Crippen molar-refractivity contribution in [3.05, 3.63) is 0 Å². The van der Waals surface area contributed by atoms with Gasteiger partial charge in [-0.05, 0) is 12.3 Å². The van der Waals surface area contributed by atoms with Crippen LogP contribution in [-0.2, 0) is 4.79 Å². The maximum Gasteiger partial charge on any atom is 0.471 e. The van der Waals surface area contributed by atoms with E-state index in [0.29, 0.717) is 13.0 Å². The molecule has 1 rings (SSSR count). The summed E-state index contributed by atoms with van der Waals surface area (Å²) in [6, 6.07) is -0.483. The second-order valence-corrected chi connectivity index (χ2v) is 5.00. The van der Waals surface area contributed by atoms with Gasteiger partial charge in [0.25, 0.3) is 0 Å². The monoisotopic (exact) mass is 256 g/mol. The van der Waals surface area contributed by atoms with E-state index in [-0.39, 0.29) is 12.0 Å². The number of halogens is 3. The number of rotatable bonds is 2. The largest absolute Gasteiger partial charge is 0.471 e. The van der Waals surface area contributed by atoms with Gasteiger partial charge in [-0.1, -0.05) is 23.2 Å². The maximum atomic E-state index is 12.1. The molecule has 3 nitrogen and oxygen atoms in total. The van der Waals surface area contributed by atoms with Crippen LogP contribution in [0, 0.1) is 5.92 Å². The highest BCUT2D eigenvalue weighted by Gasteiger charge is 2.43. The van der Waals surface area contributed by atoms with Crippen molar-refractivity contribution in [1.29, 1.82) is 0 Å². The summed E-state index contributed by atoms with van der Waals surface area (Å²) in [4.78, 5) is 10.8. The summed E-state index contributed by atoms with van der Waals surface area (Å²) >= 11 is 0. The first-order valence-corrected chi connectivity index (χ1v) is 5.64. The second kappa shape index (κ2) is 4.88. The Morgan fingerprint density at radius 1 is 1.50 bits per heavy atom. The lowest BCUT2D eigenvalue weighted by Gasteiger charge is -2.29. The molecule has 0 saturated carbocycles. The van der Waals surface area contributed by atoms with Gasteiger partial charge in [0.2, 0.25) is 0 Å². The summed E-state index contributed by atoms with van der Waals surface area (Å²) < 4.78 is 38.2. The lowest BCUT2D eigenvalue weighted by Crippen LogP contribution is -2.49. The van der Waals surface area contributed by atoms with Crippen molar-refractivity contribution in [3.8, 4) is 0 Å². The first kappa shape index (κ1) is 13.7. The number of hydrogen-bond acceptors (Lipinski definition) is 2. The van der Waals surface area contributed by atoms with E-state index >= 15 is 0 Å².